The molecule has 114 valence electrons. The third kappa shape index (κ3) is 2.66. The summed E-state index contributed by atoms with van der Waals surface area (Å²) in [6.07, 6.45) is 1.82. The van der Waals surface area contributed by atoms with E-state index in [1.807, 2.05) is 42.8 Å². The lowest BCUT2D eigenvalue weighted by Gasteiger charge is -1.99. The number of amides is 1. The number of hydrogen-bond acceptors (Lipinski definition) is 3. The number of halogens is 1. The van der Waals surface area contributed by atoms with Crippen LogP contribution in [0.5, 0.6) is 0 Å². The number of rotatable bonds is 2. The summed E-state index contributed by atoms with van der Waals surface area (Å²) in [6, 6.07) is 6.08. The topological polar surface area (TPSA) is 52.2 Å². The Kier molecular flexibility index (Phi) is 4.01. The molecule has 0 saturated heterocycles. The van der Waals surface area contributed by atoms with Crippen molar-refractivity contribution in [2.24, 2.45) is 12.0 Å². The zero-order valence-corrected chi connectivity index (χ0v) is 14.9. The van der Waals surface area contributed by atoms with Crippen molar-refractivity contribution in [2.45, 2.75) is 20.4 Å². The van der Waals surface area contributed by atoms with Crippen LogP contribution in [0, 0.1) is 6.92 Å². The van der Waals surface area contributed by atoms with E-state index in [0.717, 1.165) is 26.8 Å². The quantitative estimate of drug-likeness (QED) is 0.686. The molecule has 22 heavy (non-hydrogen) atoms. The smallest absolute Gasteiger partial charge is 0.300 e. The molecule has 0 unspecified atom stereocenters. The van der Waals surface area contributed by atoms with Crippen LogP contribution in [0.4, 0.5) is 0 Å². The first-order chi connectivity index (χ1) is 10.5. The molecule has 0 aliphatic heterocycles. The number of aryl methyl sites for hydroxylation is 3. The van der Waals surface area contributed by atoms with E-state index < -0.39 is 0 Å². The van der Waals surface area contributed by atoms with Gasteiger partial charge in [-0.2, -0.15) is 10.1 Å². The van der Waals surface area contributed by atoms with Crippen molar-refractivity contribution in [1.29, 1.82) is 0 Å². The Morgan fingerprint density at radius 1 is 1.45 bits per heavy atom. The number of fused-ring (bicyclic) bond motifs is 1. The molecule has 0 spiro atoms. The first-order valence-corrected chi connectivity index (χ1v) is 8.48. The number of thiazole rings is 1. The fourth-order valence-corrected chi connectivity index (χ4v) is 4.04. The second kappa shape index (κ2) is 5.81. The molecule has 0 N–H and O–H groups in total. The van der Waals surface area contributed by atoms with Gasteiger partial charge in [-0.15, -0.1) is 0 Å². The van der Waals surface area contributed by atoms with Gasteiger partial charge in [0.2, 0.25) is 0 Å². The number of hydrogen-bond donors (Lipinski definition) is 0. The molecule has 0 fully saturated rings. The molecule has 1 aromatic carbocycles. The van der Waals surface area contributed by atoms with Gasteiger partial charge in [0.1, 0.15) is 0 Å². The number of nitrogens with zero attached hydrogens (tertiary/aromatic N) is 4. The molecule has 7 heteroatoms. The Balaban J connectivity index is 2.16. The van der Waals surface area contributed by atoms with Crippen molar-refractivity contribution >= 4 is 43.4 Å². The lowest BCUT2D eigenvalue weighted by atomic mass is 10.3. The lowest BCUT2D eigenvalue weighted by Crippen LogP contribution is -2.16. The van der Waals surface area contributed by atoms with Crippen LogP contribution in [0.2, 0.25) is 0 Å². The molecule has 0 atom stereocenters. The molecular weight excluding hydrogens is 364 g/mol. The summed E-state index contributed by atoms with van der Waals surface area (Å²) in [7, 11) is 1.80. The minimum atomic E-state index is -0.300. The average molecular weight is 379 g/mol. The summed E-state index contributed by atoms with van der Waals surface area (Å²) < 4.78 is 5.79. The molecule has 0 aliphatic rings. The van der Waals surface area contributed by atoms with Crippen molar-refractivity contribution in [3.05, 3.63) is 44.9 Å². The highest BCUT2D eigenvalue weighted by atomic mass is 79.9. The second-order valence-electron chi connectivity index (χ2n) is 4.99. The molecule has 2 aromatic heterocycles. The maximum absolute atomic E-state index is 12.4. The van der Waals surface area contributed by atoms with Gasteiger partial charge in [-0.25, -0.2) is 0 Å². The average Bonchev–Trinajstić information content (AvgIpc) is 2.97. The first kappa shape index (κ1) is 15.2. The van der Waals surface area contributed by atoms with Gasteiger partial charge in [0, 0.05) is 29.8 Å². The van der Waals surface area contributed by atoms with Crippen molar-refractivity contribution in [1.82, 2.24) is 14.3 Å². The highest BCUT2D eigenvalue weighted by Gasteiger charge is 2.13. The van der Waals surface area contributed by atoms with E-state index in [9.17, 15) is 4.79 Å². The minimum Gasteiger partial charge on any atom is -0.317 e. The van der Waals surface area contributed by atoms with Gasteiger partial charge in [-0.1, -0.05) is 27.3 Å². The van der Waals surface area contributed by atoms with Gasteiger partial charge in [-0.3, -0.25) is 9.48 Å². The highest BCUT2D eigenvalue weighted by Crippen LogP contribution is 2.22. The van der Waals surface area contributed by atoms with Crippen LogP contribution in [-0.4, -0.2) is 20.3 Å². The lowest BCUT2D eigenvalue weighted by molar-refractivity contribution is 0.0992. The predicted octanol–water partition coefficient (Wildman–Crippen LogP) is 3.27. The van der Waals surface area contributed by atoms with Crippen LogP contribution in [0.25, 0.3) is 10.2 Å². The van der Waals surface area contributed by atoms with Crippen molar-refractivity contribution in [2.75, 3.05) is 0 Å². The molecule has 0 bridgehead atoms. The normalized spacial score (nSPS) is 12.3. The Labute approximate surface area is 140 Å². The summed E-state index contributed by atoms with van der Waals surface area (Å²) in [6.45, 7) is 4.67. The maximum Gasteiger partial charge on any atom is 0.300 e. The molecule has 0 radical (unpaired) electrons. The predicted molar refractivity (Wildman–Crippen MR) is 91.0 cm³/mol. The van der Waals surface area contributed by atoms with Crippen LogP contribution in [0.15, 0.2) is 33.9 Å². The Hall–Kier alpha value is -1.73. The largest absolute Gasteiger partial charge is 0.317 e. The van der Waals surface area contributed by atoms with E-state index in [1.54, 1.807) is 11.7 Å². The molecule has 0 saturated carbocycles. The van der Waals surface area contributed by atoms with Gasteiger partial charge < -0.3 is 4.57 Å². The molecule has 2 heterocycles. The van der Waals surface area contributed by atoms with Crippen LogP contribution in [-0.2, 0) is 13.6 Å². The van der Waals surface area contributed by atoms with Gasteiger partial charge in [0.05, 0.1) is 10.2 Å². The molecule has 1 amide bonds. The summed E-state index contributed by atoms with van der Waals surface area (Å²) >= 11 is 4.98. The third-order valence-corrected chi connectivity index (χ3v) is 4.91. The van der Waals surface area contributed by atoms with Crippen molar-refractivity contribution in [3.63, 3.8) is 0 Å². The molecular formula is C15H15BrN4OS. The SMILES string of the molecule is CCn1c(=NC(=O)c2nn(C)cc2C)sc2cc(Br)ccc21. The van der Waals surface area contributed by atoms with Crippen molar-refractivity contribution < 1.29 is 4.79 Å². The molecule has 5 nitrogen and oxygen atoms in total. The Morgan fingerprint density at radius 3 is 2.86 bits per heavy atom. The van der Waals surface area contributed by atoms with E-state index in [4.69, 9.17) is 0 Å². The second-order valence-corrected chi connectivity index (χ2v) is 6.92. The zero-order chi connectivity index (χ0) is 15.9. The zero-order valence-electron chi connectivity index (χ0n) is 12.5. The Morgan fingerprint density at radius 2 is 2.23 bits per heavy atom. The fraction of sp³-hybridized carbons (Fsp3) is 0.267. The molecule has 3 aromatic rings. The van der Waals surface area contributed by atoms with Gasteiger partial charge >= 0.3 is 0 Å². The van der Waals surface area contributed by atoms with E-state index in [1.165, 1.54) is 11.3 Å². The van der Waals surface area contributed by atoms with Crippen LogP contribution < -0.4 is 4.80 Å². The summed E-state index contributed by atoms with van der Waals surface area (Å²) in [5.74, 6) is -0.300. The van der Waals surface area contributed by atoms with Crippen LogP contribution in [0.1, 0.15) is 23.0 Å². The summed E-state index contributed by atoms with van der Waals surface area (Å²) in [5.41, 5.74) is 2.33. The van der Waals surface area contributed by atoms with E-state index >= 15 is 0 Å². The van der Waals surface area contributed by atoms with Crippen LogP contribution in [0.3, 0.4) is 0 Å². The molecule has 0 aliphatic carbocycles. The first-order valence-electron chi connectivity index (χ1n) is 6.87. The number of benzene rings is 1. The summed E-state index contributed by atoms with van der Waals surface area (Å²) in [4.78, 5) is 17.4. The monoisotopic (exact) mass is 378 g/mol. The van der Waals surface area contributed by atoms with E-state index in [2.05, 4.69) is 26.0 Å². The van der Waals surface area contributed by atoms with E-state index in [0.29, 0.717) is 10.5 Å². The van der Waals surface area contributed by atoms with Gasteiger partial charge in [-0.05, 0) is 32.0 Å². The van der Waals surface area contributed by atoms with Crippen LogP contribution >= 0.6 is 27.3 Å². The summed E-state index contributed by atoms with van der Waals surface area (Å²) in [5, 5.41) is 4.19. The highest BCUT2D eigenvalue weighted by molar-refractivity contribution is 9.10. The molecule has 3 rings (SSSR count). The van der Waals surface area contributed by atoms with E-state index in [-0.39, 0.29) is 5.91 Å². The number of carbonyl (C=O) groups is 1. The van der Waals surface area contributed by atoms with Gasteiger partial charge in [0.25, 0.3) is 5.91 Å². The minimum absolute atomic E-state index is 0.300. The van der Waals surface area contributed by atoms with Crippen molar-refractivity contribution in [3.8, 4) is 0 Å². The van der Waals surface area contributed by atoms with Gasteiger partial charge in [0.15, 0.2) is 10.5 Å². The Bertz CT molecular complexity index is 935. The third-order valence-electron chi connectivity index (χ3n) is 3.37. The maximum atomic E-state index is 12.4. The number of carbonyl (C=O) groups excluding carboxylic acids is 1. The fourth-order valence-electron chi connectivity index (χ4n) is 2.40. The number of aromatic nitrogens is 3. The standard InChI is InChI=1S/C15H15BrN4OS/c1-4-20-11-6-5-10(16)7-12(11)22-15(20)17-14(21)13-9(2)8-19(3)18-13/h5-8H,4H2,1-3H3.